The third-order valence-electron chi connectivity index (χ3n) is 2.56. The molecule has 0 unspecified atom stereocenters. The molecule has 0 fully saturated rings. The second-order valence-corrected chi connectivity index (χ2v) is 3.75. The van der Waals surface area contributed by atoms with Crippen LogP contribution in [0.3, 0.4) is 0 Å². The predicted molar refractivity (Wildman–Crippen MR) is 72.8 cm³/mol. The van der Waals surface area contributed by atoms with E-state index < -0.39 is 0 Å². The molecule has 2 rings (SSSR count). The lowest BCUT2D eigenvalue weighted by Crippen LogP contribution is -2.05. The fraction of sp³-hybridized carbons (Fsp3) is 0.231. The molecule has 0 aliphatic heterocycles. The highest BCUT2D eigenvalue weighted by atomic mass is 16.5. The van der Waals surface area contributed by atoms with Gasteiger partial charge in [0.1, 0.15) is 23.1 Å². The summed E-state index contributed by atoms with van der Waals surface area (Å²) in [5, 5.41) is 3.16. The standard InChI is InChI=1S/C13H16N4O2/c1-18-9-3-4-10(11(7-9)19-2)16-12-5-6-15-13(8-14)17-12/h3-7H,8,14H2,1-2H3,(H,15,16,17). The zero-order chi connectivity index (χ0) is 13.7. The molecule has 19 heavy (non-hydrogen) atoms. The molecule has 0 saturated carbocycles. The van der Waals surface area contributed by atoms with E-state index in [0.29, 0.717) is 23.9 Å². The van der Waals surface area contributed by atoms with Crippen molar-refractivity contribution in [1.29, 1.82) is 0 Å². The summed E-state index contributed by atoms with van der Waals surface area (Å²) in [7, 11) is 3.21. The zero-order valence-electron chi connectivity index (χ0n) is 10.9. The minimum Gasteiger partial charge on any atom is -0.497 e. The second-order valence-electron chi connectivity index (χ2n) is 3.75. The molecule has 3 N–H and O–H groups in total. The summed E-state index contributed by atoms with van der Waals surface area (Å²) in [5.41, 5.74) is 6.31. The Morgan fingerprint density at radius 2 is 2.05 bits per heavy atom. The van der Waals surface area contributed by atoms with Crippen LogP contribution in [0.15, 0.2) is 30.5 Å². The Labute approximate surface area is 111 Å². The van der Waals surface area contributed by atoms with E-state index in [4.69, 9.17) is 15.2 Å². The van der Waals surface area contributed by atoms with Crippen LogP contribution in [0.25, 0.3) is 0 Å². The molecule has 0 aliphatic rings. The highest BCUT2D eigenvalue weighted by molar-refractivity contribution is 5.65. The molecule has 0 spiro atoms. The van der Waals surface area contributed by atoms with Crippen molar-refractivity contribution in [3.8, 4) is 11.5 Å². The molecule has 0 radical (unpaired) electrons. The molecule has 2 aromatic rings. The Morgan fingerprint density at radius 3 is 2.74 bits per heavy atom. The maximum atomic E-state index is 5.51. The van der Waals surface area contributed by atoms with E-state index in [9.17, 15) is 0 Å². The molecule has 0 saturated heterocycles. The molecular weight excluding hydrogens is 244 g/mol. The van der Waals surface area contributed by atoms with Crippen LogP contribution >= 0.6 is 0 Å². The molecular formula is C13H16N4O2. The van der Waals surface area contributed by atoms with E-state index in [1.54, 1.807) is 32.5 Å². The van der Waals surface area contributed by atoms with Gasteiger partial charge in [0.2, 0.25) is 0 Å². The molecule has 0 bridgehead atoms. The van der Waals surface area contributed by atoms with E-state index in [-0.39, 0.29) is 0 Å². The summed E-state index contributed by atoms with van der Waals surface area (Å²) in [6.07, 6.45) is 1.66. The van der Waals surface area contributed by atoms with Crippen LogP contribution in [-0.4, -0.2) is 24.2 Å². The minimum absolute atomic E-state index is 0.301. The summed E-state index contributed by atoms with van der Waals surface area (Å²) in [5.74, 6) is 2.65. The molecule has 1 aromatic heterocycles. The largest absolute Gasteiger partial charge is 0.497 e. The fourth-order valence-electron chi connectivity index (χ4n) is 1.61. The van der Waals surface area contributed by atoms with Gasteiger partial charge < -0.3 is 20.5 Å². The first kappa shape index (κ1) is 13.1. The summed E-state index contributed by atoms with van der Waals surface area (Å²) in [6, 6.07) is 7.27. The number of ether oxygens (including phenoxy) is 2. The topological polar surface area (TPSA) is 82.3 Å². The molecule has 1 heterocycles. The van der Waals surface area contributed by atoms with Gasteiger partial charge in [0.25, 0.3) is 0 Å². The van der Waals surface area contributed by atoms with Gasteiger partial charge in [-0.05, 0) is 18.2 Å². The van der Waals surface area contributed by atoms with E-state index in [0.717, 1.165) is 11.4 Å². The van der Waals surface area contributed by atoms with Crippen molar-refractivity contribution in [2.75, 3.05) is 19.5 Å². The minimum atomic E-state index is 0.301. The van der Waals surface area contributed by atoms with Crippen LogP contribution in [-0.2, 0) is 6.54 Å². The lowest BCUT2D eigenvalue weighted by Gasteiger charge is -2.12. The summed E-state index contributed by atoms with van der Waals surface area (Å²) >= 11 is 0. The lowest BCUT2D eigenvalue weighted by molar-refractivity contribution is 0.395. The zero-order valence-corrected chi connectivity index (χ0v) is 10.9. The normalized spacial score (nSPS) is 10.1. The second kappa shape index (κ2) is 6.01. The Balaban J connectivity index is 2.26. The number of methoxy groups -OCH3 is 2. The molecule has 6 heteroatoms. The van der Waals surface area contributed by atoms with Crippen molar-refractivity contribution in [3.05, 3.63) is 36.3 Å². The average molecular weight is 260 g/mol. The Bertz CT molecular complexity index is 560. The summed E-state index contributed by atoms with van der Waals surface area (Å²) in [4.78, 5) is 8.31. The van der Waals surface area contributed by atoms with Crippen molar-refractivity contribution < 1.29 is 9.47 Å². The fourth-order valence-corrected chi connectivity index (χ4v) is 1.61. The van der Waals surface area contributed by atoms with Gasteiger partial charge >= 0.3 is 0 Å². The number of hydrogen-bond donors (Lipinski definition) is 2. The van der Waals surface area contributed by atoms with Gasteiger partial charge in [-0.2, -0.15) is 0 Å². The van der Waals surface area contributed by atoms with Crippen LogP contribution in [0.1, 0.15) is 5.82 Å². The van der Waals surface area contributed by atoms with Gasteiger partial charge in [0.15, 0.2) is 0 Å². The first-order valence-corrected chi connectivity index (χ1v) is 5.78. The molecule has 6 nitrogen and oxygen atoms in total. The van der Waals surface area contributed by atoms with Crippen molar-refractivity contribution in [1.82, 2.24) is 9.97 Å². The third kappa shape index (κ3) is 3.11. The van der Waals surface area contributed by atoms with Crippen LogP contribution in [0.2, 0.25) is 0 Å². The maximum Gasteiger partial charge on any atom is 0.146 e. The lowest BCUT2D eigenvalue weighted by atomic mass is 10.2. The molecule has 0 amide bonds. The van der Waals surface area contributed by atoms with Gasteiger partial charge in [-0.25, -0.2) is 9.97 Å². The van der Waals surface area contributed by atoms with Gasteiger partial charge in [0.05, 0.1) is 26.5 Å². The van der Waals surface area contributed by atoms with Crippen molar-refractivity contribution in [3.63, 3.8) is 0 Å². The Kier molecular flexibility index (Phi) is 4.15. The smallest absolute Gasteiger partial charge is 0.146 e. The molecule has 0 aliphatic carbocycles. The number of nitrogens with zero attached hydrogens (tertiary/aromatic N) is 2. The average Bonchev–Trinajstić information content (AvgIpc) is 2.48. The number of aromatic nitrogens is 2. The van der Waals surface area contributed by atoms with Crippen LogP contribution < -0.4 is 20.5 Å². The van der Waals surface area contributed by atoms with E-state index in [1.165, 1.54) is 0 Å². The van der Waals surface area contributed by atoms with Crippen LogP contribution in [0, 0.1) is 0 Å². The number of hydrogen-bond acceptors (Lipinski definition) is 6. The highest BCUT2D eigenvalue weighted by Crippen LogP contribution is 2.30. The molecule has 1 aromatic carbocycles. The number of rotatable bonds is 5. The number of nitrogens with two attached hydrogens (primary N) is 1. The third-order valence-corrected chi connectivity index (χ3v) is 2.56. The predicted octanol–water partition coefficient (Wildman–Crippen LogP) is 1.70. The quantitative estimate of drug-likeness (QED) is 0.851. The van der Waals surface area contributed by atoms with Crippen molar-refractivity contribution in [2.24, 2.45) is 5.73 Å². The SMILES string of the molecule is COc1ccc(Nc2ccnc(CN)n2)c(OC)c1. The Morgan fingerprint density at radius 1 is 1.21 bits per heavy atom. The number of nitrogens with one attached hydrogen (secondary N) is 1. The summed E-state index contributed by atoms with van der Waals surface area (Å²) < 4.78 is 10.5. The molecule has 0 atom stereocenters. The van der Waals surface area contributed by atoms with Gasteiger partial charge in [-0.3, -0.25) is 0 Å². The monoisotopic (exact) mass is 260 g/mol. The van der Waals surface area contributed by atoms with Crippen LogP contribution in [0.4, 0.5) is 11.5 Å². The highest BCUT2D eigenvalue weighted by Gasteiger charge is 2.06. The van der Waals surface area contributed by atoms with Crippen LogP contribution in [0.5, 0.6) is 11.5 Å². The van der Waals surface area contributed by atoms with E-state index >= 15 is 0 Å². The van der Waals surface area contributed by atoms with Gasteiger partial charge in [-0.1, -0.05) is 0 Å². The first-order chi connectivity index (χ1) is 9.26. The maximum absolute atomic E-state index is 5.51. The number of benzene rings is 1. The van der Waals surface area contributed by atoms with Gasteiger partial charge in [0, 0.05) is 12.3 Å². The van der Waals surface area contributed by atoms with Crippen molar-refractivity contribution >= 4 is 11.5 Å². The molecule has 100 valence electrons. The van der Waals surface area contributed by atoms with E-state index in [2.05, 4.69) is 15.3 Å². The van der Waals surface area contributed by atoms with Gasteiger partial charge in [-0.15, -0.1) is 0 Å². The number of anilines is 2. The summed E-state index contributed by atoms with van der Waals surface area (Å²) in [6.45, 7) is 0.301. The van der Waals surface area contributed by atoms with E-state index in [1.807, 2.05) is 12.1 Å². The van der Waals surface area contributed by atoms with Crippen molar-refractivity contribution in [2.45, 2.75) is 6.54 Å². The first-order valence-electron chi connectivity index (χ1n) is 5.78. The Hall–Kier alpha value is -2.34.